The number of carboxylic acids is 1. The van der Waals surface area contributed by atoms with Crippen molar-refractivity contribution in [1.29, 1.82) is 0 Å². The van der Waals surface area contributed by atoms with Crippen molar-refractivity contribution in [2.24, 2.45) is 0 Å². The molecule has 0 spiro atoms. The Balaban J connectivity index is 1.84. The van der Waals surface area contributed by atoms with Crippen molar-refractivity contribution in [1.82, 2.24) is 19.7 Å². The molecule has 28 heavy (non-hydrogen) atoms. The number of nitrogens with zero attached hydrogens (tertiary/aromatic N) is 4. The van der Waals surface area contributed by atoms with Crippen LogP contribution in [0.1, 0.15) is 67.1 Å². The van der Waals surface area contributed by atoms with E-state index in [0.29, 0.717) is 17.7 Å². The van der Waals surface area contributed by atoms with Gasteiger partial charge in [0.1, 0.15) is 5.82 Å². The molecule has 0 saturated heterocycles. The highest BCUT2D eigenvalue weighted by molar-refractivity contribution is 5.95. The van der Waals surface area contributed by atoms with Gasteiger partial charge in [-0.15, -0.1) is 0 Å². The summed E-state index contributed by atoms with van der Waals surface area (Å²) in [4.78, 5) is 20.7. The van der Waals surface area contributed by atoms with Gasteiger partial charge >= 0.3 is 5.97 Å². The van der Waals surface area contributed by atoms with Crippen molar-refractivity contribution in [3.63, 3.8) is 0 Å². The summed E-state index contributed by atoms with van der Waals surface area (Å²) in [6, 6.07) is 10.8. The Morgan fingerprint density at radius 2 is 1.96 bits per heavy atom. The molecule has 0 aliphatic heterocycles. The monoisotopic (exact) mass is 378 g/mol. The molecule has 146 valence electrons. The predicted molar refractivity (Wildman–Crippen MR) is 108 cm³/mol. The van der Waals surface area contributed by atoms with E-state index >= 15 is 0 Å². The Morgan fingerprint density at radius 1 is 1.18 bits per heavy atom. The van der Waals surface area contributed by atoms with E-state index in [1.807, 2.05) is 22.9 Å². The first-order chi connectivity index (χ1) is 13.5. The maximum Gasteiger partial charge on any atom is 0.336 e. The van der Waals surface area contributed by atoms with Crippen molar-refractivity contribution in [3.05, 3.63) is 65.4 Å². The molecule has 0 unspecified atom stereocenters. The molecule has 3 aromatic rings. The second kappa shape index (κ2) is 8.78. The molecule has 1 N–H and O–H groups in total. The molecule has 0 aliphatic rings. The van der Waals surface area contributed by atoms with Gasteiger partial charge in [-0.2, -0.15) is 5.10 Å². The fraction of sp³-hybridized carbons (Fsp3) is 0.364. The number of aromatic nitrogens is 4. The van der Waals surface area contributed by atoms with E-state index in [-0.39, 0.29) is 11.5 Å². The number of aryl methyl sites for hydroxylation is 1. The molecular formula is C22H26N4O2. The Labute approximate surface area is 165 Å². The van der Waals surface area contributed by atoms with Crippen LogP contribution in [0.2, 0.25) is 0 Å². The summed E-state index contributed by atoms with van der Waals surface area (Å²) in [5.74, 6) is 1.14. The van der Waals surface area contributed by atoms with Crippen LogP contribution in [0.5, 0.6) is 0 Å². The molecule has 0 aliphatic carbocycles. The lowest BCUT2D eigenvalue weighted by Gasteiger charge is -2.07. The number of hydrogen-bond acceptors (Lipinski definition) is 4. The quantitative estimate of drug-likeness (QED) is 0.622. The average molecular weight is 378 g/mol. The molecule has 1 aromatic carbocycles. The third-order valence-corrected chi connectivity index (χ3v) is 4.62. The molecule has 0 amide bonds. The van der Waals surface area contributed by atoms with Crippen LogP contribution in [0.15, 0.2) is 42.6 Å². The van der Waals surface area contributed by atoms with Gasteiger partial charge in [0, 0.05) is 30.6 Å². The maximum absolute atomic E-state index is 11.4. The third-order valence-electron chi connectivity index (χ3n) is 4.62. The van der Waals surface area contributed by atoms with Crippen LogP contribution in [-0.4, -0.2) is 30.8 Å². The summed E-state index contributed by atoms with van der Waals surface area (Å²) in [7, 11) is 0. The van der Waals surface area contributed by atoms with Crippen molar-refractivity contribution >= 4 is 5.97 Å². The molecule has 0 atom stereocenters. The first-order valence-corrected chi connectivity index (χ1v) is 9.70. The number of unbranched alkanes of at least 4 members (excludes halogenated alkanes) is 1. The molecule has 6 nitrogen and oxygen atoms in total. The lowest BCUT2D eigenvalue weighted by molar-refractivity contribution is 0.0697. The zero-order valence-electron chi connectivity index (χ0n) is 16.6. The topological polar surface area (TPSA) is 80.9 Å². The summed E-state index contributed by atoms with van der Waals surface area (Å²) >= 11 is 0. The number of aromatic carboxylic acids is 1. The van der Waals surface area contributed by atoms with Crippen LogP contribution in [0.3, 0.4) is 0 Å². The van der Waals surface area contributed by atoms with Crippen LogP contribution in [0.25, 0.3) is 11.3 Å². The van der Waals surface area contributed by atoms with Crippen LogP contribution in [0.4, 0.5) is 0 Å². The van der Waals surface area contributed by atoms with Crippen molar-refractivity contribution in [3.8, 4) is 11.3 Å². The highest BCUT2D eigenvalue weighted by atomic mass is 16.4. The van der Waals surface area contributed by atoms with Gasteiger partial charge < -0.3 is 5.11 Å². The molecule has 0 radical (unpaired) electrons. The second-order valence-electron chi connectivity index (χ2n) is 7.20. The zero-order valence-corrected chi connectivity index (χ0v) is 16.6. The van der Waals surface area contributed by atoms with Crippen molar-refractivity contribution in [2.75, 3.05) is 0 Å². The van der Waals surface area contributed by atoms with Crippen molar-refractivity contribution < 1.29 is 9.90 Å². The lowest BCUT2D eigenvalue weighted by Crippen LogP contribution is -2.07. The fourth-order valence-electron chi connectivity index (χ4n) is 3.02. The smallest absolute Gasteiger partial charge is 0.336 e. The van der Waals surface area contributed by atoms with Crippen LogP contribution < -0.4 is 0 Å². The Morgan fingerprint density at radius 3 is 2.61 bits per heavy atom. The Hall–Kier alpha value is -3.02. The first kappa shape index (κ1) is 19.7. The van der Waals surface area contributed by atoms with E-state index in [1.165, 1.54) is 0 Å². The highest BCUT2D eigenvalue weighted by Crippen LogP contribution is 2.22. The largest absolute Gasteiger partial charge is 0.478 e. The number of carboxylic acid groups (broad SMARTS) is 1. The molecule has 2 heterocycles. The van der Waals surface area contributed by atoms with Gasteiger partial charge in [0.2, 0.25) is 0 Å². The lowest BCUT2D eigenvalue weighted by atomic mass is 10.0. The van der Waals surface area contributed by atoms with Crippen LogP contribution in [0, 0.1) is 0 Å². The van der Waals surface area contributed by atoms with Crippen LogP contribution >= 0.6 is 0 Å². The minimum atomic E-state index is -0.952. The molecule has 0 bridgehead atoms. The number of rotatable bonds is 8. The normalized spacial score (nSPS) is 11.1. The number of pyridine rings is 1. The minimum Gasteiger partial charge on any atom is -0.478 e. The van der Waals surface area contributed by atoms with Gasteiger partial charge in [-0.05, 0) is 24.1 Å². The molecule has 0 fully saturated rings. The van der Waals surface area contributed by atoms with Gasteiger partial charge in [0.15, 0.2) is 5.82 Å². The van der Waals surface area contributed by atoms with Crippen LogP contribution in [-0.2, 0) is 13.0 Å². The second-order valence-corrected chi connectivity index (χ2v) is 7.20. The number of benzene rings is 1. The molecule has 0 saturated carbocycles. The highest BCUT2D eigenvalue weighted by Gasteiger charge is 2.14. The summed E-state index contributed by atoms with van der Waals surface area (Å²) in [5.41, 5.74) is 2.55. The van der Waals surface area contributed by atoms with E-state index in [0.717, 1.165) is 36.6 Å². The predicted octanol–water partition coefficient (Wildman–Crippen LogP) is 4.55. The fourth-order valence-corrected chi connectivity index (χ4v) is 3.02. The Bertz CT molecular complexity index is 945. The molecule has 6 heteroatoms. The van der Waals surface area contributed by atoms with E-state index in [4.69, 9.17) is 4.98 Å². The first-order valence-electron chi connectivity index (χ1n) is 9.70. The maximum atomic E-state index is 11.4. The number of carbonyl (C=O) groups is 1. The van der Waals surface area contributed by atoms with Gasteiger partial charge in [0.25, 0.3) is 0 Å². The standard InChI is InChI=1S/C22H26N4O2/c1-4-5-12-26-20(24-21(25-26)15(2)3)13-16-10-11-19(23-14-16)17-8-6-7-9-18(17)22(27)28/h6-11,14-15H,4-5,12-13H2,1-3H3,(H,27,28). The third kappa shape index (κ3) is 4.44. The Kier molecular flexibility index (Phi) is 6.19. The number of hydrogen-bond donors (Lipinski definition) is 1. The zero-order chi connectivity index (χ0) is 20.1. The summed E-state index contributed by atoms with van der Waals surface area (Å²) in [6.45, 7) is 7.22. The summed E-state index contributed by atoms with van der Waals surface area (Å²) < 4.78 is 2.01. The van der Waals surface area contributed by atoms with E-state index in [2.05, 4.69) is 30.9 Å². The summed E-state index contributed by atoms with van der Waals surface area (Å²) in [5, 5.41) is 14.0. The SMILES string of the molecule is CCCCn1nc(C(C)C)nc1Cc1ccc(-c2ccccc2C(=O)O)nc1. The van der Waals surface area contributed by atoms with E-state index in [1.54, 1.807) is 24.4 Å². The van der Waals surface area contributed by atoms with Gasteiger partial charge in [-0.3, -0.25) is 4.98 Å². The summed E-state index contributed by atoms with van der Waals surface area (Å²) in [6.07, 6.45) is 4.62. The van der Waals surface area contributed by atoms with E-state index < -0.39 is 5.97 Å². The average Bonchev–Trinajstić information content (AvgIpc) is 3.10. The van der Waals surface area contributed by atoms with E-state index in [9.17, 15) is 9.90 Å². The minimum absolute atomic E-state index is 0.253. The molecule has 2 aromatic heterocycles. The molecule has 3 rings (SSSR count). The molecular weight excluding hydrogens is 352 g/mol. The van der Waals surface area contributed by atoms with Crippen molar-refractivity contribution in [2.45, 2.75) is 52.5 Å². The van der Waals surface area contributed by atoms with Gasteiger partial charge in [-0.1, -0.05) is 51.5 Å². The van der Waals surface area contributed by atoms with Gasteiger partial charge in [-0.25, -0.2) is 14.5 Å². The van der Waals surface area contributed by atoms with Gasteiger partial charge in [0.05, 0.1) is 11.3 Å².